The van der Waals surface area contributed by atoms with Crippen molar-refractivity contribution in [3.05, 3.63) is 11.8 Å². The van der Waals surface area contributed by atoms with Crippen molar-refractivity contribution in [1.29, 1.82) is 0 Å². The number of esters is 1. The van der Waals surface area contributed by atoms with E-state index in [-0.39, 0.29) is 12.2 Å². The van der Waals surface area contributed by atoms with Crippen LogP contribution in [0.2, 0.25) is 0 Å². The number of aromatic nitrogens is 2. The number of ether oxygens (including phenoxy) is 1. The summed E-state index contributed by atoms with van der Waals surface area (Å²) in [5, 5.41) is 4.83. The van der Waals surface area contributed by atoms with E-state index in [0.29, 0.717) is 0 Å². The predicted octanol–water partition coefficient (Wildman–Crippen LogP) is -0.541. The lowest BCUT2D eigenvalue weighted by Crippen LogP contribution is -2.41. The molecule has 0 saturated heterocycles. The summed E-state index contributed by atoms with van der Waals surface area (Å²) in [6.45, 7) is -0.634. The van der Waals surface area contributed by atoms with E-state index in [0.717, 1.165) is 6.20 Å². The van der Waals surface area contributed by atoms with Crippen LogP contribution in [0.4, 0.5) is 8.78 Å². The Kier molecular flexibility index (Phi) is 5.14. The third-order valence-electron chi connectivity index (χ3n) is 2.19. The smallest absolute Gasteiger partial charge is 0.342 e. The Balaban J connectivity index is 2.94. The fourth-order valence-electron chi connectivity index (χ4n) is 1.18. The average molecular weight is 312 g/mol. The van der Waals surface area contributed by atoms with Crippen molar-refractivity contribution >= 4 is 16.0 Å². The van der Waals surface area contributed by atoms with Gasteiger partial charge in [0.05, 0.1) is 25.9 Å². The summed E-state index contributed by atoms with van der Waals surface area (Å²) in [5.74, 6) is -4.32. The quantitative estimate of drug-likeness (QED) is 0.580. The van der Waals surface area contributed by atoms with Gasteiger partial charge in [-0.25, -0.2) is 26.7 Å². The number of nitrogens with one attached hydrogen (secondary N) is 2. The van der Waals surface area contributed by atoms with Gasteiger partial charge in [0.1, 0.15) is 5.56 Å². The van der Waals surface area contributed by atoms with Crippen molar-refractivity contribution in [2.24, 2.45) is 5.73 Å². The number of rotatable bonds is 7. The molecule has 1 heterocycles. The fourth-order valence-corrected chi connectivity index (χ4v) is 2.32. The molecule has 0 aromatic carbocycles. The van der Waals surface area contributed by atoms with E-state index < -0.39 is 40.0 Å². The minimum absolute atomic E-state index is 0.0299. The van der Waals surface area contributed by atoms with E-state index in [4.69, 9.17) is 5.73 Å². The van der Waals surface area contributed by atoms with Gasteiger partial charge >= 0.3 is 5.97 Å². The van der Waals surface area contributed by atoms with Gasteiger partial charge in [0.25, 0.3) is 15.9 Å². The highest BCUT2D eigenvalue weighted by Gasteiger charge is 2.32. The SMILES string of the molecule is CCOC(=O)c1cn[nH]c1S(=O)(=O)NCC(F)(F)CN. The maximum atomic E-state index is 12.9. The number of alkyl halides is 2. The summed E-state index contributed by atoms with van der Waals surface area (Å²) in [6, 6.07) is 0. The minimum Gasteiger partial charge on any atom is -0.462 e. The van der Waals surface area contributed by atoms with Crippen LogP contribution in [0, 0.1) is 0 Å². The van der Waals surface area contributed by atoms with E-state index in [9.17, 15) is 22.0 Å². The summed E-state index contributed by atoms with van der Waals surface area (Å²) < 4.78 is 55.8. The Labute approximate surface area is 113 Å². The topological polar surface area (TPSA) is 127 Å². The molecule has 8 nitrogen and oxygen atoms in total. The molecule has 1 rings (SSSR count). The van der Waals surface area contributed by atoms with Gasteiger partial charge in [0.2, 0.25) is 0 Å². The first-order chi connectivity index (χ1) is 9.23. The third kappa shape index (κ3) is 3.95. The Morgan fingerprint density at radius 2 is 2.25 bits per heavy atom. The molecule has 0 saturated carbocycles. The molecule has 0 aliphatic carbocycles. The lowest BCUT2D eigenvalue weighted by molar-refractivity contribution is 0.0170. The van der Waals surface area contributed by atoms with Crippen LogP contribution in [0.3, 0.4) is 0 Å². The first kappa shape index (κ1) is 16.5. The summed E-state index contributed by atoms with van der Waals surface area (Å²) in [6.07, 6.45) is 0.938. The molecule has 0 fully saturated rings. The van der Waals surface area contributed by atoms with Crippen LogP contribution in [0.15, 0.2) is 11.2 Å². The summed E-state index contributed by atoms with van der Waals surface area (Å²) in [5.41, 5.74) is 4.43. The number of nitrogens with two attached hydrogens (primary N) is 1. The van der Waals surface area contributed by atoms with Crippen molar-refractivity contribution in [2.45, 2.75) is 17.9 Å². The molecule has 4 N–H and O–H groups in total. The monoisotopic (exact) mass is 312 g/mol. The van der Waals surface area contributed by atoms with Gasteiger partial charge in [-0.2, -0.15) is 5.10 Å². The van der Waals surface area contributed by atoms with Gasteiger partial charge in [-0.3, -0.25) is 5.10 Å². The highest BCUT2D eigenvalue weighted by molar-refractivity contribution is 7.89. The average Bonchev–Trinajstić information content (AvgIpc) is 2.87. The summed E-state index contributed by atoms with van der Waals surface area (Å²) in [4.78, 5) is 11.5. The third-order valence-corrected chi connectivity index (χ3v) is 3.56. The standard InChI is InChI=1S/C9H14F2N4O4S/c1-2-19-8(16)6-3-13-15-7(6)20(17,18)14-5-9(10,11)4-12/h3,14H,2,4-5,12H2,1H3,(H,13,15). The van der Waals surface area contributed by atoms with E-state index in [1.807, 2.05) is 0 Å². The molecule has 0 radical (unpaired) electrons. The lowest BCUT2D eigenvalue weighted by atomic mass is 10.3. The number of H-pyrrole nitrogens is 1. The van der Waals surface area contributed by atoms with Crippen molar-refractivity contribution in [2.75, 3.05) is 19.7 Å². The van der Waals surface area contributed by atoms with Crippen LogP contribution in [-0.2, 0) is 14.8 Å². The van der Waals surface area contributed by atoms with Crippen LogP contribution in [0.1, 0.15) is 17.3 Å². The summed E-state index contributed by atoms with van der Waals surface area (Å²) in [7, 11) is -4.36. The van der Waals surface area contributed by atoms with Gasteiger partial charge in [0, 0.05) is 0 Å². The summed E-state index contributed by atoms with van der Waals surface area (Å²) >= 11 is 0. The maximum absolute atomic E-state index is 12.9. The zero-order chi connectivity index (χ0) is 15.4. The van der Waals surface area contributed by atoms with E-state index >= 15 is 0 Å². The molecule has 0 bridgehead atoms. The first-order valence-corrected chi connectivity index (χ1v) is 7.00. The minimum atomic E-state index is -4.36. The molecule has 20 heavy (non-hydrogen) atoms. The van der Waals surface area contributed by atoms with Gasteiger partial charge in [-0.15, -0.1) is 0 Å². The van der Waals surface area contributed by atoms with Gasteiger partial charge in [-0.05, 0) is 6.92 Å². The number of hydrogen-bond donors (Lipinski definition) is 3. The molecule has 1 aromatic rings. The molecular formula is C9H14F2N4O4S. The van der Waals surface area contributed by atoms with Gasteiger partial charge < -0.3 is 10.5 Å². The Bertz CT molecular complexity index is 572. The molecular weight excluding hydrogens is 298 g/mol. The number of carbonyl (C=O) groups excluding carboxylic acids is 1. The van der Waals surface area contributed by atoms with Crippen LogP contribution < -0.4 is 10.5 Å². The van der Waals surface area contributed by atoms with Crippen molar-refractivity contribution < 1.29 is 26.7 Å². The van der Waals surface area contributed by atoms with E-state index in [2.05, 4.69) is 14.9 Å². The highest BCUT2D eigenvalue weighted by Crippen LogP contribution is 2.15. The molecule has 11 heteroatoms. The molecule has 0 atom stereocenters. The normalized spacial score (nSPS) is 12.4. The van der Waals surface area contributed by atoms with Gasteiger partial charge in [-0.1, -0.05) is 0 Å². The number of nitrogens with zero attached hydrogens (tertiary/aromatic N) is 1. The van der Waals surface area contributed by atoms with E-state index in [1.54, 1.807) is 4.72 Å². The van der Waals surface area contributed by atoms with Crippen LogP contribution >= 0.6 is 0 Å². The second-order valence-corrected chi connectivity index (χ2v) is 5.42. The van der Waals surface area contributed by atoms with Crippen LogP contribution in [0.25, 0.3) is 0 Å². The molecule has 0 amide bonds. The second-order valence-electron chi connectivity index (χ2n) is 3.72. The zero-order valence-corrected chi connectivity index (χ0v) is 11.3. The zero-order valence-electron chi connectivity index (χ0n) is 10.5. The molecule has 1 aromatic heterocycles. The fraction of sp³-hybridized carbons (Fsp3) is 0.556. The number of halogens is 2. The lowest BCUT2D eigenvalue weighted by Gasteiger charge is -2.14. The van der Waals surface area contributed by atoms with E-state index in [1.165, 1.54) is 6.92 Å². The van der Waals surface area contributed by atoms with Crippen LogP contribution in [-0.4, -0.2) is 50.2 Å². The molecule has 0 spiro atoms. The Morgan fingerprint density at radius 1 is 1.60 bits per heavy atom. The predicted molar refractivity (Wildman–Crippen MR) is 63.7 cm³/mol. The number of hydrogen-bond acceptors (Lipinski definition) is 6. The molecule has 0 aliphatic rings. The molecule has 114 valence electrons. The number of aromatic amines is 1. The van der Waals surface area contributed by atoms with Crippen LogP contribution in [0.5, 0.6) is 0 Å². The Morgan fingerprint density at radius 3 is 2.80 bits per heavy atom. The number of carbonyl (C=O) groups is 1. The number of sulfonamides is 1. The van der Waals surface area contributed by atoms with Crippen molar-refractivity contribution in [1.82, 2.24) is 14.9 Å². The maximum Gasteiger partial charge on any atom is 0.342 e. The van der Waals surface area contributed by atoms with Crippen molar-refractivity contribution in [3.8, 4) is 0 Å². The largest absolute Gasteiger partial charge is 0.462 e. The van der Waals surface area contributed by atoms with Crippen molar-refractivity contribution in [3.63, 3.8) is 0 Å². The van der Waals surface area contributed by atoms with Gasteiger partial charge in [0.15, 0.2) is 5.03 Å². The second kappa shape index (κ2) is 6.24. The highest BCUT2D eigenvalue weighted by atomic mass is 32.2. The Hall–Kier alpha value is -1.59. The molecule has 0 aliphatic heterocycles. The first-order valence-electron chi connectivity index (χ1n) is 5.51. The molecule has 0 unspecified atom stereocenters.